The molecule has 0 N–H and O–H groups in total. The second kappa shape index (κ2) is 3.70. The van der Waals surface area contributed by atoms with Crippen LogP contribution in [0.15, 0.2) is 29.1 Å². The molecule has 0 aromatic carbocycles. The van der Waals surface area contributed by atoms with Gasteiger partial charge in [0.1, 0.15) is 10.4 Å². The molecule has 0 atom stereocenters. The van der Waals surface area contributed by atoms with E-state index in [0.29, 0.717) is 5.92 Å². The molecule has 2 aromatic rings. The third kappa shape index (κ3) is 1.57. The monoisotopic (exact) mass is 277 g/mol. The van der Waals surface area contributed by atoms with E-state index in [1.54, 1.807) is 0 Å². The molecular formula is C12H12BrN3. The molecule has 82 valence electrons. The van der Waals surface area contributed by atoms with Crippen molar-refractivity contribution < 1.29 is 0 Å². The molecule has 2 heterocycles. The first kappa shape index (κ1) is 10.0. The Kier molecular flexibility index (Phi) is 2.32. The SMILES string of the molecule is Cn1c(C2CC2)nc(Br)c1-c1ccncc1. The second-order valence-electron chi connectivity index (χ2n) is 4.18. The van der Waals surface area contributed by atoms with Gasteiger partial charge in [0.2, 0.25) is 0 Å². The van der Waals surface area contributed by atoms with E-state index in [1.165, 1.54) is 18.7 Å². The van der Waals surface area contributed by atoms with Gasteiger partial charge in [-0.25, -0.2) is 4.98 Å². The van der Waals surface area contributed by atoms with Crippen LogP contribution in [0.25, 0.3) is 11.3 Å². The Bertz CT molecular complexity index is 515. The van der Waals surface area contributed by atoms with Crippen molar-refractivity contribution in [2.75, 3.05) is 0 Å². The summed E-state index contributed by atoms with van der Waals surface area (Å²) in [5.41, 5.74) is 2.30. The van der Waals surface area contributed by atoms with Crippen molar-refractivity contribution in [3.05, 3.63) is 35.0 Å². The van der Waals surface area contributed by atoms with E-state index >= 15 is 0 Å². The fourth-order valence-electron chi connectivity index (χ4n) is 2.01. The average Bonchev–Trinajstić information content (AvgIpc) is 3.07. The van der Waals surface area contributed by atoms with Crippen molar-refractivity contribution in [3.63, 3.8) is 0 Å². The number of imidazole rings is 1. The Labute approximate surface area is 103 Å². The highest BCUT2D eigenvalue weighted by molar-refractivity contribution is 9.10. The van der Waals surface area contributed by atoms with Gasteiger partial charge >= 0.3 is 0 Å². The number of hydrogen-bond acceptors (Lipinski definition) is 2. The van der Waals surface area contributed by atoms with Crippen LogP contribution in [0.1, 0.15) is 24.6 Å². The molecule has 1 aliphatic rings. The van der Waals surface area contributed by atoms with Gasteiger partial charge in [-0.05, 0) is 40.9 Å². The summed E-state index contributed by atoms with van der Waals surface area (Å²) in [6.07, 6.45) is 6.16. The molecule has 2 aromatic heterocycles. The predicted octanol–water partition coefficient (Wildman–Crippen LogP) is 3.12. The maximum atomic E-state index is 4.61. The second-order valence-corrected chi connectivity index (χ2v) is 4.93. The average molecular weight is 278 g/mol. The van der Waals surface area contributed by atoms with E-state index in [1.807, 2.05) is 24.5 Å². The minimum absolute atomic E-state index is 0.664. The van der Waals surface area contributed by atoms with Crippen LogP contribution in [0, 0.1) is 0 Å². The summed E-state index contributed by atoms with van der Waals surface area (Å²) in [4.78, 5) is 8.65. The number of nitrogens with zero attached hydrogens (tertiary/aromatic N) is 3. The molecule has 0 amide bonds. The summed E-state index contributed by atoms with van der Waals surface area (Å²) in [6.45, 7) is 0. The molecule has 0 aliphatic heterocycles. The molecule has 0 unspecified atom stereocenters. The number of hydrogen-bond donors (Lipinski definition) is 0. The number of halogens is 1. The molecule has 16 heavy (non-hydrogen) atoms. The van der Waals surface area contributed by atoms with Gasteiger partial charge in [0.25, 0.3) is 0 Å². The Morgan fingerprint density at radius 3 is 2.62 bits per heavy atom. The van der Waals surface area contributed by atoms with Crippen LogP contribution in [-0.2, 0) is 7.05 Å². The molecule has 1 aliphatic carbocycles. The lowest BCUT2D eigenvalue weighted by atomic mass is 10.2. The van der Waals surface area contributed by atoms with Crippen molar-refractivity contribution in [2.45, 2.75) is 18.8 Å². The highest BCUT2D eigenvalue weighted by atomic mass is 79.9. The standard InChI is InChI=1S/C12H12BrN3/c1-16-10(8-4-6-14-7-5-8)11(13)15-12(16)9-2-3-9/h4-7,9H,2-3H2,1H3. The van der Waals surface area contributed by atoms with Gasteiger partial charge in [0, 0.05) is 30.9 Å². The third-order valence-corrected chi connectivity index (χ3v) is 3.54. The van der Waals surface area contributed by atoms with Crippen molar-refractivity contribution in [1.82, 2.24) is 14.5 Å². The lowest BCUT2D eigenvalue weighted by Crippen LogP contribution is -1.97. The predicted molar refractivity (Wildman–Crippen MR) is 66.1 cm³/mol. The highest BCUT2D eigenvalue weighted by Gasteiger charge is 2.29. The minimum atomic E-state index is 0.664. The topological polar surface area (TPSA) is 30.7 Å². The summed E-state index contributed by atoms with van der Waals surface area (Å²) in [5, 5.41) is 0. The van der Waals surface area contributed by atoms with Crippen LogP contribution >= 0.6 is 15.9 Å². The highest BCUT2D eigenvalue weighted by Crippen LogP contribution is 2.42. The van der Waals surface area contributed by atoms with Crippen LogP contribution in [0.5, 0.6) is 0 Å². The maximum Gasteiger partial charge on any atom is 0.132 e. The first-order valence-corrected chi connectivity index (χ1v) is 6.19. The number of aromatic nitrogens is 3. The summed E-state index contributed by atoms with van der Waals surface area (Å²) in [6, 6.07) is 4.02. The number of rotatable bonds is 2. The smallest absolute Gasteiger partial charge is 0.132 e. The lowest BCUT2D eigenvalue weighted by molar-refractivity contribution is 0.804. The van der Waals surface area contributed by atoms with E-state index in [0.717, 1.165) is 15.9 Å². The fourth-order valence-corrected chi connectivity index (χ4v) is 2.69. The Morgan fingerprint density at radius 1 is 1.31 bits per heavy atom. The zero-order valence-corrected chi connectivity index (χ0v) is 10.6. The fraction of sp³-hybridized carbons (Fsp3) is 0.333. The molecular weight excluding hydrogens is 266 g/mol. The molecule has 0 saturated heterocycles. The summed E-state index contributed by atoms with van der Waals surface area (Å²) in [5.74, 6) is 1.86. The molecule has 4 heteroatoms. The molecule has 1 fully saturated rings. The van der Waals surface area contributed by atoms with E-state index in [4.69, 9.17) is 0 Å². The summed E-state index contributed by atoms with van der Waals surface area (Å²) >= 11 is 3.55. The summed E-state index contributed by atoms with van der Waals surface area (Å²) < 4.78 is 3.12. The van der Waals surface area contributed by atoms with Crippen LogP contribution < -0.4 is 0 Å². The normalized spacial score (nSPS) is 15.4. The maximum absolute atomic E-state index is 4.61. The Hall–Kier alpha value is -1.16. The molecule has 1 saturated carbocycles. The van der Waals surface area contributed by atoms with Gasteiger partial charge in [-0.15, -0.1) is 0 Å². The lowest BCUT2D eigenvalue weighted by Gasteiger charge is -2.05. The van der Waals surface area contributed by atoms with Gasteiger partial charge in [0.15, 0.2) is 0 Å². The zero-order chi connectivity index (χ0) is 11.1. The van der Waals surface area contributed by atoms with Gasteiger partial charge in [-0.1, -0.05) is 0 Å². The zero-order valence-electron chi connectivity index (χ0n) is 9.02. The third-order valence-electron chi connectivity index (χ3n) is 2.98. The minimum Gasteiger partial charge on any atom is -0.330 e. The first-order chi connectivity index (χ1) is 7.77. The van der Waals surface area contributed by atoms with Crippen LogP contribution in [0.2, 0.25) is 0 Å². The van der Waals surface area contributed by atoms with Crippen molar-refractivity contribution in [1.29, 1.82) is 0 Å². The van der Waals surface area contributed by atoms with Crippen molar-refractivity contribution in [3.8, 4) is 11.3 Å². The largest absolute Gasteiger partial charge is 0.330 e. The summed E-state index contributed by atoms with van der Waals surface area (Å²) in [7, 11) is 2.08. The van der Waals surface area contributed by atoms with Gasteiger partial charge < -0.3 is 4.57 Å². The molecule has 3 nitrogen and oxygen atoms in total. The van der Waals surface area contributed by atoms with Crippen LogP contribution in [0.3, 0.4) is 0 Å². The van der Waals surface area contributed by atoms with Crippen LogP contribution in [0.4, 0.5) is 0 Å². The van der Waals surface area contributed by atoms with Crippen molar-refractivity contribution >= 4 is 15.9 Å². The molecule has 0 bridgehead atoms. The van der Waals surface area contributed by atoms with Gasteiger partial charge in [-0.2, -0.15) is 0 Å². The van der Waals surface area contributed by atoms with Gasteiger partial charge in [0.05, 0.1) is 5.69 Å². The number of pyridine rings is 1. The van der Waals surface area contributed by atoms with Crippen molar-refractivity contribution in [2.24, 2.45) is 7.05 Å². The van der Waals surface area contributed by atoms with E-state index in [2.05, 4.69) is 37.5 Å². The molecule has 0 spiro atoms. The molecule has 3 rings (SSSR count). The van der Waals surface area contributed by atoms with Crippen LogP contribution in [-0.4, -0.2) is 14.5 Å². The molecule has 0 radical (unpaired) electrons. The Balaban J connectivity index is 2.13. The van der Waals surface area contributed by atoms with Gasteiger partial charge in [-0.3, -0.25) is 4.98 Å². The Morgan fingerprint density at radius 2 is 2.00 bits per heavy atom. The van der Waals surface area contributed by atoms with E-state index in [-0.39, 0.29) is 0 Å². The quantitative estimate of drug-likeness (QED) is 0.845. The first-order valence-electron chi connectivity index (χ1n) is 5.40. The van der Waals surface area contributed by atoms with E-state index in [9.17, 15) is 0 Å². The van der Waals surface area contributed by atoms with E-state index < -0.39 is 0 Å².